The van der Waals surface area contributed by atoms with Crippen molar-refractivity contribution in [3.8, 4) is 0 Å². The Morgan fingerprint density at radius 2 is 1.87 bits per heavy atom. The molecule has 1 aromatic carbocycles. The lowest BCUT2D eigenvalue weighted by Gasteiger charge is -2.26. The lowest BCUT2D eigenvalue weighted by atomic mass is 10.1. The molecular formula is C21H29N3O5S. The van der Waals surface area contributed by atoms with Gasteiger partial charge in [0.05, 0.1) is 30.4 Å². The van der Waals surface area contributed by atoms with Gasteiger partial charge in [-0.15, -0.1) is 0 Å². The smallest absolute Gasteiger partial charge is 0.243 e. The fourth-order valence-corrected chi connectivity index (χ4v) is 4.75. The molecular weight excluding hydrogens is 406 g/mol. The minimum absolute atomic E-state index is 0.0337. The number of hydrogen-bond acceptors (Lipinski definition) is 6. The number of carbonyl (C=O) groups excluding carboxylic acids is 1. The van der Waals surface area contributed by atoms with Crippen LogP contribution in [0.2, 0.25) is 0 Å². The minimum atomic E-state index is -3.50. The van der Waals surface area contributed by atoms with Gasteiger partial charge in [0.25, 0.3) is 0 Å². The molecule has 1 unspecified atom stereocenters. The third kappa shape index (κ3) is 5.69. The van der Waals surface area contributed by atoms with Gasteiger partial charge in [-0.05, 0) is 50.3 Å². The third-order valence-corrected chi connectivity index (χ3v) is 7.07. The molecule has 8 nitrogen and oxygen atoms in total. The summed E-state index contributed by atoms with van der Waals surface area (Å²) in [6.45, 7) is 2.03. The monoisotopic (exact) mass is 435 g/mol. The van der Waals surface area contributed by atoms with Crippen molar-refractivity contribution in [2.45, 2.75) is 23.8 Å². The second-order valence-electron chi connectivity index (χ2n) is 7.46. The Morgan fingerprint density at radius 1 is 1.17 bits per heavy atom. The molecule has 0 bridgehead atoms. The van der Waals surface area contributed by atoms with Gasteiger partial charge < -0.3 is 14.5 Å². The molecule has 30 heavy (non-hydrogen) atoms. The van der Waals surface area contributed by atoms with Crippen LogP contribution in [0.15, 0.2) is 52.0 Å². The fraction of sp³-hybridized carbons (Fsp3) is 0.476. The van der Waals surface area contributed by atoms with Gasteiger partial charge in [-0.1, -0.05) is 12.1 Å². The van der Waals surface area contributed by atoms with E-state index in [2.05, 4.69) is 5.32 Å². The second kappa shape index (κ2) is 10.2. The van der Waals surface area contributed by atoms with Gasteiger partial charge in [0.15, 0.2) is 0 Å². The van der Waals surface area contributed by atoms with Crippen LogP contribution < -0.4 is 5.32 Å². The molecule has 1 amide bonds. The summed E-state index contributed by atoms with van der Waals surface area (Å²) < 4.78 is 37.4. The van der Waals surface area contributed by atoms with Crippen LogP contribution in [0.4, 0.5) is 0 Å². The summed E-state index contributed by atoms with van der Waals surface area (Å²) in [7, 11) is 0.375. The van der Waals surface area contributed by atoms with E-state index in [0.29, 0.717) is 45.7 Å². The largest absolute Gasteiger partial charge is 0.468 e. The number of ether oxygens (including phenoxy) is 1. The van der Waals surface area contributed by atoms with Crippen LogP contribution in [-0.2, 0) is 26.0 Å². The summed E-state index contributed by atoms with van der Waals surface area (Å²) in [6.07, 6.45) is 2.49. The van der Waals surface area contributed by atoms with E-state index in [9.17, 15) is 13.2 Å². The van der Waals surface area contributed by atoms with Gasteiger partial charge in [0.1, 0.15) is 5.76 Å². The van der Waals surface area contributed by atoms with Crippen molar-refractivity contribution in [3.05, 3.63) is 54.0 Å². The first-order chi connectivity index (χ1) is 14.4. The third-order valence-electron chi connectivity index (χ3n) is 5.16. The van der Waals surface area contributed by atoms with E-state index >= 15 is 0 Å². The Bertz CT molecular complexity index is 905. The predicted octanol–water partition coefficient (Wildman–Crippen LogP) is 1.65. The summed E-state index contributed by atoms with van der Waals surface area (Å²) in [5, 5.41) is 2.95. The quantitative estimate of drug-likeness (QED) is 0.644. The van der Waals surface area contributed by atoms with Crippen molar-refractivity contribution in [2.75, 3.05) is 46.9 Å². The Labute approximate surface area is 177 Å². The van der Waals surface area contributed by atoms with Crippen LogP contribution in [0.3, 0.4) is 0 Å². The van der Waals surface area contributed by atoms with Gasteiger partial charge >= 0.3 is 0 Å². The average Bonchev–Trinajstić information content (AvgIpc) is 3.27. The van der Waals surface area contributed by atoms with Crippen molar-refractivity contribution < 1.29 is 22.4 Å². The molecule has 1 atom stereocenters. The van der Waals surface area contributed by atoms with Crippen LogP contribution >= 0.6 is 0 Å². The van der Waals surface area contributed by atoms with Crippen molar-refractivity contribution in [1.29, 1.82) is 0 Å². The first kappa shape index (κ1) is 22.5. The molecule has 1 fully saturated rings. The van der Waals surface area contributed by atoms with Gasteiger partial charge in [-0.25, -0.2) is 8.42 Å². The van der Waals surface area contributed by atoms with Gasteiger partial charge in [0.2, 0.25) is 15.9 Å². The Hall–Kier alpha value is -2.20. The maximum absolute atomic E-state index is 12.7. The zero-order chi connectivity index (χ0) is 21.6. The van der Waals surface area contributed by atoms with Crippen LogP contribution in [0.1, 0.15) is 23.8 Å². The molecule has 1 aliphatic rings. The molecule has 0 saturated carbocycles. The molecule has 2 aromatic rings. The molecule has 1 aliphatic heterocycles. The van der Waals surface area contributed by atoms with Crippen LogP contribution in [0.25, 0.3) is 0 Å². The minimum Gasteiger partial charge on any atom is -0.468 e. The molecule has 1 saturated heterocycles. The first-order valence-corrected chi connectivity index (χ1v) is 11.5. The van der Waals surface area contributed by atoms with Crippen LogP contribution in [0, 0.1) is 0 Å². The fourth-order valence-electron chi connectivity index (χ4n) is 3.34. The number of carbonyl (C=O) groups is 1. The molecule has 9 heteroatoms. The Balaban J connectivity index is 1.50. The molecule has 2 heterocycles. The molecule has 1 N–H and O–H groups in total. The molecule has 3 rings (SSSR count). The van der Waals surface area contributed by atoms with Gasteiger partial charge in [-0.3, -0.25) is 9.69 Å². The molecule has 0 aliphatic carbocycles. The SMILES string of the molecule is CN(C)C(CNC(=O)CCc1ccc(S(=O)(=O)N2CCOCC2)cc1)c1ccco1. The number of furan rings is 1. The molecule has 164 valence electrons. The highest BCUT2D eigenvalue weighted by molar-refractivity contribution is 7.89. The highest BCUT2D eigenvalue weighted by Gasteiger charge is 2.26. The highest BCUT2D eigenvalue weighted by atomic mass is 32.2. The maximum atomic E-state index is 12.7. The van der Waals surface area contributed by atoms with Crippen molar-refractivity contribution in [1.82, 2.24) is 14.5 Å². The number of morpholine rings is 1. The number of hydrogen-bond donors (Lipinski definition) is 1. The summed E-state index contributed by atoms with van der Waals surface area (Å²) in [4.78, 5) is 14.5. The van der Waals surface area contributed by atoms with E-state index in [1.165, 1.54) is 4.31 Å². The highest BCUT2D eigenvalue weighted by Crippen LogP contribution is 2.19. The first-order valence-electron chi connectivity index (χ1n) is 10.0. The average molecular weight is 436 g/mol. The second-order valence-corrected chi connectivity index (χ2v) is 9.40. The van der Waals surface area contributed by atoms with E-state index in [1.807, 2.05) is 31.1 Å². The standard InChI is InChI=1S/C21H29N3O5S/c1-23(2)19(20-4-3-13-29-20)16-22-21(25)10-7-17-5-8-18(9-6-17)30(26,27)24-11-14-28-15-12-24/h3-6,8-9,13,19H,7,10-12,14-16H2,1-2H3,(H,22,25). The van der Waals surface area contributed by atoms with E-state index in [4.69, 9.17) is 9.15 Å². The Kier molecular flexibility index (Phi) is 7.65. The number of aryl methyl sites for hydroxylation is 1. The van der Waals surface area contributed by atoms with E-state index in [1.54, 1.807) is 30.5 Å². The normalized spacial score (nSPS) is 16.5. The number of sulfonamides is 1. The number of amides is 1. The Morgan fingerprint density at radius 3 is 2.47 bits per heavy atom. The van der Waals surface area contributed by atoms with Crippen molar-refractivity contribution >= 4 is 15.9 Å². The number of rotatable bonds is 9. The molecule has 0 radical (unpaired) electrons. The predicted molar refractivity (Wildman–Crippen MR) is 112 cm³/mol. The van der Waals surface area contributed by atoms with Crippen LogP contribution in [-0.4, -0.2) is 70.5 Å². The van der Waals surface area contributed by atoms with Gasteiger partial charge in [-0.2, -0.15) is 4.31 Å². The summed E-state index contributed by atoms with van der Waals surface area (Å²) in [5.41, 5.74) is 0.918. The number of likely N-dealkylation sites (N-methyl/N-ethyl adjacent to an activating group) is 1. The number of benzene rings is 1. The lowest BCUT2D eigenvalue weighted by Crippen LogP contribution is -2.40. The molecule has 0 spiro atoms. The summed E-state index contributed by atoms with van der Waals surface area (Å²) in [6, 6.07) is 10.4. The maximum Gasteiger partial charge on any atom is 0.243 e. The van der Waals surface area contributed by atoms with E-state index in [-0.39, 0.29) is 16.8 Å². The zero-order valence-corrected chi connectivity index (χ0v) is 18.2. The topological polar surface area (TPSA) is 92.1 Å². The number of nitrogens with one attached hydrogen (secondary N) is 1. The van der Waals surface area contributed by atoms with Crippen LogP contribution in [0.5, 0.6) is 0 Å². The van der Waals surface area contributed by atoms with E-state index < -0.39 is 10.0 Å². The van der Waals surface area contributed by atoms with E-state index in [0.717, 1.165) is 11.3 Å². The lowest BCUT2D eigenvalue weighted by molar-refractivity contribution is -0.121. The van der Waals surface area contributed by atoms with Crippen molar-refractivity contribution in [2.24, 2.45) is 0 Å². The molecule has 1 aromatic heterocycles. The zero-order valence-electron chi connectivity index (χ0n) is 17.4. The summed E-state index contributed by atoms with van der Waals surface area (Å²) >= 11 is 0. The van der Waals surface area contributed by atoms with Crippen molar-refractivity contribution in [3.63, 3.8) is 0 Å². The van der Waals surface area contributed by atoms with Gasteiger partial charge in [0, 0.05) is 26.1 Å². The summed E-state index contributed by atoms with van der Waals surface area (Å²) in [5.74, 6) is 0.746. The number of nitrogens with zero attached hydrogens (tertiary/aromatic N) is 2.